The van der Waals surface area contributed by atoms with Crippen LogP contribution in [0.5, 0.6) is 0 Å². The van der Waals surface area contributed by atoms with Gasteiger partial charge in [-0.2, -0.15) is 5.26 Å². The van der Waals surface area contributed by atoms with Crippen molar-refractivity contribution in [3.63, 3.8) is 0 Å². The van der Waals surface area contributed by atoms with Gasteiger partial charge in [-0.15, -0.1) is 0 Å². The van der Waals surface area contributed by atoms with E-state index in [2.05, 4.69) is 42.3 Å². The first-order chi connectivity index (χ1) is 9.78. The first-order valence-corrected chi connectivity index (χ1v) is 7.77. The Morgan fingerprint density at radius 2 is 2.15 bits per heavy atom. The number of nitrogens with one attached hydrogen (secondary N) is 1. The molecule has 0 spiro atoms. The van der Waals surface area contributed by atoms with Crippen LogP contribution < -0.4 is 10.2 Å². The summed E-state index contributed by atoms with van der Waals surface area (Å²) in [5.74, 6) is 0.840. The highest BCUT2D eigenvalue weighted by molar-refractivity contribution is 5.60. The Hall–Kier alpha value is -1.53. The molecule has 0 radical (unpaired) electrons. The number of hydrogen-bond acceptors (Lipinski definition) is 3. The summed E-state index contributed by atoms with van der Waals surface area (Å²) in [6, 6.07) is 8.67. The largest absolute Gasteiger partial charge is 0.370 e. The number of nitriles is 1. The molecule has 0 aliphatic heterocycles. The smallest absolute Gasteiger partial charge is 0.101 e. The molecule has 3 heteroatoms. The predicted octanol–water partition coefficient (Wildman–Crippen LogP) is 3.29. The molecule has 0 aromatic heterocycles. The highest BCUT2D eigenvalue weighted by Gasteiger charge is 2.24. The summed E-state index contributed by atoms with van der Waals surface area (Å²) in [5.41, 5.74) is 3.10. The average Bonchev–Trinajstić information content (AvgIpc) is 3.29. The fourth-order valence-electron chi connectivity index (χ4n) is 2.48. The van der Waals surface area contributed by atoms with Crippen molar-refractivity contribution in [1.82, 2.24) is 5.32 Å². The standard InChI is InChI=1S/C17H25N3/c1-3-9-19-12-15-7-8-17(16(10-15)11-18)20(4-2)13-14-5-6-14/h7-8,10,14,19H,3-6,9,12-13H2,1-2H3. The van der Waals surface area contributed by atoms with Gasteiger partial charge in [0.15, 0.2) is 0 Å². The van der Waals surface area contributed by atoms with E-state index in [1.54, 1.807) is 0 Å². The van der Waals surface area contributed by atoms with E-state index in [1.165, 1.54) is 18.4 Å². The van der Waals surface area contributed by atoms with Gasteiger partial charge in [0.2, 0.25) is 0 Å². The minimum Gasteiger partial charge on any atom is -0.370 e. The van der Waals surface area contributed by atoms with Crippen LogP contribution in [0.2, 0.25) is 0 Å². The van der Waals surface area contributed by atoms with Crippen molar-refractivity contribution in [3.8, 4) is 6.07 Å². The third-order valence-electron chi connectivity index (χ3n) is 3.84. The lowest BCUT2D eigenvalue weighted by Gasteiger charge is -2.24. The number of nitrogens with zero attached hydrogens (tertiary/aromatic N) is 2. The van der Waals surface area contributed by atoms with E-state index in [1.807, 2.05) is 6.07 Å². The molecule has 0 heterocycles. The van der Waals surface area contributed by atoms with Gasteiger partial charge in [0.25, 0.3) is 0 Å². The van der Waals surface area contributed by atoms with Crippen LogP contribution in [0.4, 0.5) is 5.69 Å². The Kier molecular flexibility index (Phi) is 5.43. The SMILES string of the molecule is CCCNCc1ccc(N(CC)CC2CC2)c(C#N)c1. The molecular weight excluding hydrogens is 246 g/mol. The molecule has 1 aromatic carbocycles. The predicted molar refractivity (Wildman–Crippen MR) is 83.8 cm³/mol. The second-order valence-electron chi connectivity index (χ2n) is 5.62. The Morgan fingerprint density at radius 1 is 1.35 bits per heavy atom. The Balaban J connectivity index is 2.09. The summed E-state index contributed by atoms with van der Waals surface area (Å²) in [5, 5.41) is 12.8. The summed E-state index contributed by atoms with van der Waals surface area (Å²) in [6.07, 6.45) is 3.82. The second-order valence-corrected chi connectivity index (χ2v) is 5.62. The molecule has 0 unspecified atom stereocenters. The normalized spacial score (nSPS) is 14.1. The van der Waals surface area contributed by atoms with Crippen molar-refractivity contribution in [3.05, 3.63) is 29.3 Å². The van der Waals surface area contributed by atoms with Gasteiger partial charge in [0.05, 0.1) is 11.3 Å². The van der Waals surface area contributed by atoms with E-state index < -0.39 is 0 Å². The van der Waals surface area contributed by atoms with E-state index in [-0.39, 0.29) is 0 Å². The van der Waals surface area contributed by atoms with Crippen LogP contribution in [0.15, 0.2) is 18.2 Å². The molecule has 0 atom stereocenters. The van der Waals surface area contributed by atoms with Gasteiger partial charge in [0.1, 0.15) is 6.07 Å². The molecule has 108 valence electrons. The number of hydrogen-bond donors (Lipinski definition) is 1. The van der Waals surface area contributed by atoms with Crippen LogP contribution in [0.3, 0.4) is 0 Å². The number of rotatable bonds is 8. The summed E-state index contributed by atoms with van der Waals surface area (Å²) in [4.78, 5) is 2.35. The second kappa shape index (κ2) is 7.31. The molecule has 1 aliphatic rings. The molecular formula is C17H25N3. The highest BCUT2D eigenvalue weighted by atomic mass is 15.1. The minimum atomic E-state index is 0.809. The third kappa shape index (κ3) is 3.98. The quantitative estimate of drug-likeness (QED) is 0.737. The van der Waals surface area contributed by atoms with E-state index in [9.17, 15) is 5.26 Å². The Morgan fingerprint density at radius 3 is 2.75 bits per heavy atom. The average molecular weight is 271 g/mol. The van der Waals surface area contributed by atoms with Gasteiger partial charge in [-0.25, -0.2) is 0 Å². The lowest BCUT2D eigenvalue weighted by atomic mass is 10.1. The zero-order valence-corrected chi connectivity index (χ0v) is 12.7. The molecule has 3 nitrogen and oxygen atoms in total. The number of anilines is 1. The molecule has 1 N–H and O–H groups in total. The summed E-state index contributed by atoms with van der Waals surface area (Å²) in [6.45, 7) is 8.26. The topological polar surface area (TPSA) is 39.1 Å². The molecule has 0 saturated heterocycles. The van der Waals surface area contributed by atoms with Crippen molar-refractivity contribution >= 4 is 5.69 Å². The van der Waals surface area contributed by atoms with Gasteiger partial charge in [0, 0.05) is 19.6 Å². The van der Waals surface area contributed by atoms with Gasteiger partial charge in [-0.3, -0.25) is 0 Å². The fourth-order valence-corrected chi connectivity index (χ4v) is 2.48. The summed E-state index contributed by atoms with van der Waals surface area (Å²) < 4.78 is 0. The maximum atomic E-state index is 9.41. The van der Waals surface area contributed by atoms with E-state index >= 15 is 0 Å². The van der Waals surface area contributed by atoms with Crippen LogP contribution in [-0.2, 0) is 6.54 Å². The summed E-state index contributed by atoms with van der Waals surface area (Å²) in [7, 11) is 0. The molecule has 0 amide bonds. The van der Waals surface area contributed by atoms with Crippen molar-refractivity contribution in [2.45, 2.75) is 39.7 Å². The monoisotopic (exact) mass is 271 g/mol. The van der Waals surface area contributed by atoms with Crippen molar-refractivity contribution in [2.75, 3.05) is 24.5 Å². The maximum absolute atomic E-state index is 9.41. The molecule has 20 heavy (non-hydrogen) atoms. The van der Waals surface area contributed by atoms with Gasteiger partial charge < -0.3 is 10.2 Å². The molecule has 1 saturated carbocycles. The van der Waals surface area contributed by atoms with Crippen LogP contribution in [-0.4, -0.2) is 19.6 Å². The molecule has 1 aromatic rings. The lowest BCUT2D eigenvalue weighted by Crippen LogP contribution is -2.26. The van der Waals surface area contributed by atoms with Crippen LogP contribution in [0.1, 0.15) is 44.2 Å². The van der Waals surface area contributed by atoms with Crippen molar-refractivity contribution in [1.29, 1.82) is 5.26 Å². The lowest BCUT2D eigenvalue weighted by molar-refractivity contribution is 0.675. The molecule has 2 rings (SSSR count). The van der Waals surface area contributed by atoms with Crippen molar-refractivity contribution < 1.29 is 0 Å². The Bertz CT molecular complexity index is 472. The van der Waals surface area contributed by atoms with Gasteiger partial charge in [-0.1, -0.05) is 13.0 Å². The molecule has 1 aliphatic carbocycles. The van der Waals surface area contributed by atoms with Gasteiger partial charge >= 0.3 is 0 Å². The molecule has 0 bridgehead atoms. The first kappa shape index (κ1) is 14.9. The van der Waals surface area contributed by atoms with E-state index in [4.69, 9.17) is 0 Å². The maximum Gasteiger partial charge on any atom is 0.101 e. The van der Waals surface area contributed by atoms with Gasteiger partial charge in [-0.05, 0) is 56.3 Å². The zero-order chi connectivity index (χ0) is 14.4. The van der Waals surface area contributed by atoms with Crippen molar-refractivity contribution in [2.24, 2.45) is 5.92 Å². The fraction of sp³-hybridized carbons (Fsp3) is 0.588. The highest BCUT2D eigenvalue weighted by Crippen LogP contribution is 2.32. The zero-order valence-electron chi connectivity index (χ0n) is 12.7. The number of benzene rings is 1. The third-order valence-corrected chi connectivity index (χ3v) is 3.84. The first-order valence-electron chi connectivity index (χ1n) is 7.77. The molecule has 1 fully saturated rings. The van der Waals surface area contributed by atoms with Crippen LogP contribution in [0, 0.1) is 17.2 Å². The minimum absolute atomic E-state index is 0.809. The Labute approximate surface area is 122 Å². The van der Waals surface area contributed by atoms with E-state index in [0.29, 0.717) is 0 Å². The van der Waals surface area contributed by atoms with Crippen LogP contribution >= 0.6 is 0 Å². The summed E-state index contributed by atoms with van der Waals surface area (Å²) >= 11 is 0. The van der Waals surface area contributed by atoms with E-state index in [0.717, 1.165) is 49.8 Å². The van der Waals surface area contributed by atoms with Crippen LogP contribution in [0.25, 0.3) is 0 Å².